The third-order valence-electron chi connectivity index (χ3n) is 3.86. The van der Waals surface area contributed by atoms with Crippen LogP contribution in [0.4, 0.5) is 0 Å². The van der Waals surface area contributed by atoms with Crippen molar-refractivity contribution in [2.45, 2.75) is 40.0 Å². The van der Waals surface area contributed by atoms with Crippen LogP contribution in [-0.4, -0.2) is 39.3 Å². The molecule has 1 unspecified atom stereocenters. The Labute approximate surface area is 123 Å². The Hall–Kier alpha value is -0.320. The lowest BCUT2D eigenvalue weighted by Crippen LogP contribution is -2.50. The Morgan fingerprint density at radius 2 is 2.16 bits per heavy atom. The van der Waals surface area contributed by atoms with Crippen molar-refractivity contribution in [3.63, 3.8) is 0 Å². The van der Waals surface area contributed by atoms with E-state index in [9.17, 15) is 4.79 Å². The predicted octanol–water partition coefficient (Wildman–Crippen LogP) is 1.98. The molecular weight excluding hydrogens is 264 g/mol. The Morgan fingerprint density at radius 3 is 2.68 bits per heavy atom. The number of nitrogens with one attached hydrogen (secondary N) is 2. The van der Waals surface area contributed by atoms with Gasteiger partial charge in [-0.25, -0.2) is 0 Å². The smallest absolute Gasteiger partial charge is 0.227 e. The quantitative estimate of drug-likeness (QED) is 0.787. The standard InChI is InChI=1S/C14H28N2O2.ClH/c1-13(2,7-9-18-4)10-16-12(17)14(3)6-5-8-15-11-14;/h15H,5-11H2,1-4H3,(H,16,17);1H. The normalized spacial score (nSPS) is 23.6. The van der Waals surface area contributed by atoms with Crippen molar-refractivity contribution in [1.29, 1.82) is 0 Å². The summed E-state index contributed by atoms with van der Waals surface area (Å²) in [5.74, 6) is 0.181. The van der Waals surface area contributed by atoms with E-state index >= 15 is 0 Å². The minimum atomic E-state index is -0.240. The maximum absolute atomic E-state index is 12.3. The van der Waals surface area contributed by atoms with Crippen molar-refractivity contribution in [1.82, 2.24) is 10.6 Å². The molecule has 0 aromatic rings. The van der Waals surface area contributed by atoms with Gasteiger partial charge in [0.15, 0.2) is 0 Å². The van der Waals surface area contributed by atoms with Crippen LogP contribution in [0.1, 0.15) is 40.0 Å². The van der Waals surface area contributed by atoms with Gasteiger partial charge in [0.2, 0.25) is 5.91 Å². The van der Waals surface area contributed by atoms with Crippen molar-refractivity contribution in [2.75, 3.05) is 33.4 Å². The summed E-state index contributed by atoms with van der Waals surface area (Å²) in [4.78, 5) is 12.3. The minimum absolute atomic E-state index is 0. The fraction of sp³-hybridized carbons (Fsp3) is 0.929. The van der Waals surface area contributed by atoms with Crippen LogP contribution in [0.25, 0.3) is 0 Å². The molecule has 1 heterocycles. The molecule has 1 saturated heterocycles. The Bertz CT molecular complexity index is 277. The van der Waals surface area contributed by atoms with Crippen LogP contribution in [0, 0.1) is 10.8 Å². The fourth-order valence-electron chi connectivity index (χ4n) is 2.25. The van der Waals surface area contributed by atoms with Gasteiger partial charge in [0.25, 0.3) is 0 Å². The molecule has 5 heteroatoms. The molecule has 1 fully saturated rings. The lowest BCUT2D eigenvalue weighted by Gasteiger charge is -2.34. The molecule has 0 aromatic carbocycles. The van der Waals surface area contributed by atoms with Gasteiger partial charge in [0.05, 0.1) is 5.41 Å². The van der Waals surface area contributed by atoms with E-state index in [4.69, 9.17) is 4.74 Å². The van der Waals surface area contributed by atoms with Crippen molar-refractivity contribution in [3.05, 3.63) is 0 Å². The van der Waals surface area contributed by atoms with Crippen molar-refractivity contribution in [3.8, 4) is 0 Å². The molecule has 19 heavy (non-hydrogen) atoms. The topological polar surface area (TPSA) is 50.4 Å². The van der Waals surface area contributed by atoms with Crippen LogP contribution < -0.4 is 10.6 Å². The Morgan fingerprint density at radius 1 is 1.47 bits per heavy atom. The van der Waals surface area contributed by atoms with Gasteiger partial charge in [-0.3, -0.25) is 4.79 Å². The monoisotopic (exact) mass is 292 g/mol. The van der Waals surface area contributed by atoms with Gasteiger partial charge in [0, 0.05) is 26.8 Å². The maximum atomic E-state index is 12.3. The molecule has 0 bridgehead atoms. The third-order valence-corrected chi connectivity index (χ3v) is 3.86. The molecule has 1 amide bonds. The lowest BCUT2D eigenvalue weighted by atomic mass is 9.81. The van der Waals surface area contributed by atoms with Gasteiger partial charge >= 0.3 is 0 Å². The van der Waals surface area contributed by atoms with Crippen molar-refractivity contribution < 1.29 is 9.53 Å². The van der Waals surface area contributed by atoms with Crippen LogP contribution in [0.5, 0.6) is 0 Å². The van der Waals surface area contributed by atoms with E-state index in [0.29, 0.717) is 6.54 Å². The molecule has 4 nitrogen and oxygen atoms in total. The van der Waals surface area contributed by atoms with Crippen LogP contribution in [0.3, 0.4) is 0 Å². The highest BCUT2D eigenvalue weighted by atomic mass is 35.5. The zero-order valence-corrected chi connectivity index (χ0v) is 13.5. The average Bonchev–Trinajstić information content (AvgIpc) is 2.34. The predicted molar refractivity (Wildman–Crippen MR) is 80.7 cm³/mol. The third kappa shape index (κ3) is 6.11. The number of rotatable bonds is 6. The molecule has 1 rings (SSSR count). The van der Waals surface area contributed by atoms with E-state index in [1.807, 2.05) is 0 Å². The molecular formula is C14H29ClN2O2. The van der Waals surface area contributed by atoms with Crippen molar-refractivity contribution in [2.24, 2.45) is 10.8 Å². The first kappa shape index (κ1) is 18.7. The molecule has 0 saturated carbocycles. The number of carbonyl (C=O) groups is 1. The van der Waals surface area contributed by atoms with Gasteiger partial charge < -0.3 is 15.4 Å². The summed E-state index contributed by atoms with van der Waals surface area (Å²) in [5, 5.41) is 6.41. The summed E-state index contributed by atoms with van der Waals surface area (Å²) in [6, 6.07) is 0. The summed E-state index contributed by atoms with van der Waals surface area (Å²) >= 11 is 0. The number of methoxy groups -OCH3 is 1. The van der Waals surface area contributed by atoms with Gasteiger partial charge in [0.1, 0.15) is 0 Å². The highest BCUT2D eigenvalue weighted by Crippen LogP contribution is 2.26. The second-order valence-corrected chi connectivity index (χ2v) is 6.43. The largest absolute Gasteiger partial charge is 0.385 e. The Balaban J connectivity index is 0.00000324. The van der Waals surface area contributed by atoms with Gasteiger partial charge in [-0.15, -0.1) is 12.4 Å². The first-order chi connectivity index (χ1) is 8.40. The number of carbonyl (C=O) groups excluding carboxylic acids is 1. The van der Waals surface area contributed by atoms with Gasteiger partial charge in [-0.2, -0.15) is 0 Å². The number of hydrogen-bond donors (Lipinski definition) is 2. The molecule has 0 radical (unpaired) electrons. The van der Waals surface area contributed by atoms with Crippen LogP contribution in [0.15, 0.2) is 0 Å². The molecule has 2 N–H and O–H groups in total. The summed E-state index contributed by atoms with van der Waals surface area (Å²) in [6.45, 7) is 9.64. The highest BCUT2D eigenvalue weighted by Gasteiger charge is 2.35. The van der Waals surface area contributed by atoms with Gasteiger partial charge in [-0.1, -0.05) is 13.8 Å². The molecule has 1 atom stereocenters. The number of halogens is 1. The average molecular weight is 293 g/mol. The molecule has 0 aliphatic carbocycles. The maximum Gasteiger partial charge on any atom is 0.227 e. The number of amides is 1. The molecule has 0 spiro atoms. The van der Waals surface area contributed by atoms with Crippen molar-refractivity contribution >= 4 is 18.3 Å². The van der Waals surface area contributed by atoms with Gasteiger partial charge in [-0.05, 0) is 38.1 Å². The Kier molecular flexibility index (Phi) is 7.94. The summed E-state index contributed by atoms with van der Waals surface area (Å²) < 4.78 is 5.10. The molecule has 1 aliphatic rings. The van der Waals surface area contributed by atoms with Crippen LogP contribution in [-0.2, 0) is 9.53 Å². The second-order valence-electron chi connectivity index (χ2n) is 6.43. The zero-order valence-electron chi connectivity index (χ0n) is 12.7. The molecule has 0 aromatic heterocycles. The summed E-state index contributed by atoms with van der Waals surface area (Å²) in [5.41, 5.74) is -0.153. The number of ether oxygens (including phenoxy) is 1. The molecule has 114 valence electrons. The SMILES string of the molecule is COCCC(C)(C)CNC(=O)C1(C)CCCNC1.Cl. The fourth-order valence-corrected chi connectivity index (χ4v) is 2.25. The van der Waals surface area contributed by atoms with Crippen LogP contribution >= 0.6 is 12.4 Å². The first-order valence-electron chi connectivity index (χ1n) is 6.88. The highest BCUT2D eigenvalue weighted by molar-refractivity contribution is 5.85. The van der Waals surface area contributed by atoms with E-state index < -0.39 is 0 Å². The number of piperidine rings is 1. The molecule has 1 aliphatic heterocycles. The van der Waals surface area contributed by atoms with E-state index in [2.05, 4.69) is 31.4 Å². The second kappa shape index (κ2) is 8.08. The minimum Gasteiger partial charge on any atom is -0.385 e. The van der Waals surface area contributed by atoms with E-state index in [-0.39, 0.29) is 29.1 Å². The zero-order chi connectivity index (χ0) is 13.6. The summed E-state index contributed by atoms with van der Waals surface area (Å²) in [7, 11) is 1.71. The number of hydrogen-bond acceptors (Lipinski definition) is 3. The van der Waals surface area contributed by atoms with E-state index in [1.165, 1.54) is 0 Å². The lowest BCUT2D eigenvalue weighted by molar-refractivity contribution is -0.131. The van der Waals surface area contributed by atoms with E-state index in [0.717, 1.165) is 39.0 Å². The first-order valence-corrected chi connectivity index (χ1v) is 6.88. The van der Waals surface area contributed by atoms with E-state index in [1.54, 1.807) is 7.11 Å². The van der Waals surface area contributed by atoms with Crippen LogP contribution in [0.2, 0.25) is 0 Å². The summed E-state index contributed by atoms with van der Waals surface area (Å²) in [6.07, 6.45) is 3.01.